The van der Waals surface area contributed by atoms with Crippen molar-refractivity contribution in [2.45, 2.75) is 264 Å². The smallest absolute Gasteiger partial charge is 0.306 e. The molecule has 3 atom stereocenters. The highest BCUT2D eigenvalue weighted by atomic mass is 16.5. The Bertz CT molecular complexity index is 858. The molecule has 1 amide bonds. The van der Waals surface area contributed by atoms with E-state index in [4.69, 9.17) is 4.74 Å². The van der Waals surface area contributed by atoms with Crippen molar-refractivity contribution in [3.05, 3.63) is 24.3 Å². The summed E-state index contributed by atoms with van der Waals surface area (Å²) < 4.78 is 5.87. The quantitative estimate of drug-likeness (QED) is 0.0327. The van der Waals surface area contributed by atoms with Crippen LogP contribution in [0.2, 0.25) is 0 Å². The number of nitrogens with one attached hydrogen (secondary N) is 1. The van der Waals surface area contributed by atoms with Gasteiger partial charge in [0.25, 0.3) is 0 Å². The number of aliphatic hydroxyl groups excluding tert-OH is 2. The SMILES string of the molecule is CCCCCCCCC/C=C/C=C/CCCCCCCC(=O)OC(CCCCCCCCC)CC(=O)NC(CO)C(O)CCCCCCCCCCCC. The summed E-state index contributed by atoms with van der Waals surface area (Å²) in [5.74, 6) is -0.490. The van der Waals surface area contributed by atoms with Gasteiger partial charge in [-0.15, -0.1) is 0 Å². The molecule has 0 rings (SSSR count). The van der Waals surface area contributed by atoms with Crippen molar-refractivity contribution in [2.75, 3.05) is 6.61 Å². The van der Waals surface area contributed by atoms with E-state index in [9.17, 15) is 19.8 Å². The predicted molar refractivity (Wildman–Crippen MR) is 232 cm³/mol. The fourth-order valence-electron chi connectivity index (χ4n) is 7.19. The van der Waals surface area contributed by atoms with Gasteiger partial charge in [-0.25, -0.2) is 0 Å². The number of unbranched alkanes of at least 4 members (excludes halogenated alkanes) is 27. The lowest BCUT2D eigenvalue weighted by Crippen LogP contribution is -2.46. The maximum Gasteiger partial charge on any atom is 0.306 e. The van der Waals surface area contributed by atoms with E-state index in [1.807, 2.05) is 0 Å². The second-order valence-electron chi connectivity index (χ2n) is 16.2. The van der Waals surface area contributed by atoms with Crippen molar-refractivity contribution in [1.29, 1.82) is 0 Å². The van der Waals surface area contributed by atoms with Crippen LogP contribution >= 0.6 is 0 Å². The first-order chi connectivity index (χ1) is 26.5. The summed E-state index contributed by atoms with van der Waals surface area (Å²) in [5, 5.41) is 23.5. The molecule has 0 aromatic heterocycles. The van der Waals surface area contributed by atoms with Gasteiger partial charge in [0.05, 0.1) is 25.2 Å². The van der Waals surface area contributed by atoms with E-state index in [1.165, 1.54) is 135 Å². The highest BCUT2D eigenvalue weighted by Crippen LogP contribution is 2.17. The minimum Gasteiger partial charge on any atom is -0.462 e. The highest BCUT2D eigenvalue weighted by molar-refractivity contribution is 5.77. The Labute approximate surface area is 335 Å². The Morgan fingerprint density at radius 3 is 1.37 bits per heavy atom. The Morgan fingerprint density at radius 1 is 0.537 bits per heavy atom. The number of hydrogen-bond acceptors (Lipinski definition) is 5. The summed E-state index contributed by atoms with van der Waals surface area (Å²) in [6.07, 6.45) is 46.8. The van der Waals surface area contributed by atoms with E-state index >= 15 is 0 Å². The first-order valence-corrected chi connectivity index (χ1v) is 23.6. The number of rotatable bonds is 42. The monoisotopic (exact) mass is 762 g/mol. The van der Waals surface area contributed by atoms with Gasteiger partial charge in [0.1, 0.15) is 6.10 Å². The number of hydrogen-bond donors (Lipinski definition) is 3. The molecule has 0 aromatic carbocycles. The average molecular weight is 762 g/mol. The largest absolute Gasteiger partial charge is 0.462 e. The molecule has 0 aromatic rings. The molecule has 0 spiro atoms. The lowest BCUT2D eigenvalue weighted by Gasteiger charge is -2.24. The third-order valence-electron chi connectivity index (χ3n) is 10.8. The van der Waals surface area contributed by atoms with Gasteiger partial charge >= 0.3 is 5.97 Å². The molecule has 0 saturated carbocycles. The van der Waals surface area contributed by atoms with Gasteiger partial charge in [-0.05, 0) is 51.4 Å². The number of amides is 1. The Balaban J connectivity index is 4.40. The van der Waals surface area contributed by atoms with Gasteiger partial charge in [-0.2, -0.15) is 0 Å². The van der Waals surface area contributed by atoms with Gasteiger partial charge in [-0.1, -0.05) is 206 Å². The van der Waals surface area contributed by atoms with E-state index in [1.54, 1.807) is 0 Å². The topological polar surface area (TPSA) is 95.9 Å². The predicted octanol–water partition coefficient (Wildman–Crippen LogP) is 13.6. The summed E-state index contributed by atoms with van der Waals surface area (Å²) in [7, 11) is 0. The minimum absolute atomic E-state index is 0.0743. The molecule has 318 valence electrons. The number of carbonyl (C=O) groups is 2. The van der Waals surface area contributed by atoms with E-state index in [-0.39, 0.29) is 24.9 Å². The van der Waals surface area contributed by atoms with E-state index in [0.29, 0.717) is 19.3 Å². The van der Waals surface area contributed by atoms with Crippen LogP contribution in [0.4, 0.5) is 0 Å². The second-order valence-corrected chi connectivity index (χ2v) is 16.2. The van der Waals surface area contributed by atoms with Crippen LogP contribution < -0.4 is 5.32 Å². The van der Waals surface area contributed by atoms with Crippen LogP contribution in [0.3, 0.4) is 0 Å². The van der Waals surface area contributed by atoms with Gasteiger partial charge in [0.2, 0.25) is 5.91 Å². The molecule has 0 fully saturated rings. The molecule has 6 heteroatoms. The third kappa shape index (κ3) is 37.3. The molecular formula is C48H91NO5. The molecule has 54 heavy (non-hydrogen) atoms. The molecular weight excluding hydrogens is 671 g/mol. The van der Waals surface area contributed by atoms with Crippen LogP contribution in [0, 0.1) is 0 Å². The first kappa shape index (κ1) is 52.3. The lowest BCUT2D eigenvalue weighted by molar-refractivity contribution is -0.151. The molecule has 0 heterocycles. The number of esters is 1. The molecule has 0 bridgehead atoms. The number of allylic oxidation sites excluding steroid dienone is 4. The standard InChI is InChI=1S/C48H91NO5/c1-4-7-10-13-16-18-20-21-22-23-24-25-26-27-29-32-35-38-41-48(53)54-44(39-36-33-30-15-12-9-6-3)42-47(52)49-45(43-50)46(51)40-37-34-31-28-19-17-14-11-8-5-2/h22-25,44-46,50-51H,4-21,26-43H2,1-3H3,(H,49,52)/b23-22+,25-24+. The van der Waals surface area contributed by atoms with Gasteiger partial charge in [-0.3, -0.25) is 9.59 Å². The zero-order valence-corrected chi connectivity index (χ0v) is 36.1. The fourth-order valence-corrected chi connectivity index (χ4v) is 7.19. The third-order valence-corrected chi connectivity index (χ3v) is 10.8. The molecule has 3 unspecified atom stereocenters. The summed E-state index contributed by atoms with van der Waals surface area (Å²) in [6, 6.07) is -0.697. The van der Waals surface area contributed by atoms with Gasteiger partial charge in [0.15, 0.2) is 0 Å². The molecule has 0 aliphatic rings. The Morgan fingerprint density at radius 2 is 0.926 bits per heavy atom. The van der Waals surface area contributed by atoms with Crippen molar-refractivity contribution < 1.29 is 24.5 Å². The summed E-state index contributed by atoms with van der Waals surface area (Å²) >= 11 is 0. The van der Waals surface area contributed by atoms with Crippen molar-refractivity contribution in [1.82, 2.24) is 5.32 Å². The molecule has 0 radical (unpaired) electrons. The van der Waals surface area contributed by atoms with Crippen molar-refractivity contribution in [3.8, 4) is 0 Å². The zero-order valence-electron chi connectivity index (χ0n) is 36.1. The van der Waals surface area contributed by atoms with Crippen LogP contribution in [0.25, 0.3) is 0 Å². The second kappa shape index (κ2) is 42.5. The Hall–Kier alpha value is -1.66. The van der Waals surface area contributed by atoms with Crippen LogP contribution in [-0.4, -0.2) is 46.9 Å². The number of ether oxygens (including phenoxy) is 1. The number of carbonyl (C=O) groups excluding carboxylic acids is 2. The fraction of sp³-hybridized carbons (Fsp3) is 0.875. The van der Waals surface area contributed by atoms with Gasteiger partial charge < -0.3 is 20.3 Å². The normalized spacial score (nSPS) is 13.5. The van der Waals surface area contributed by atoms with Crippen molar-refractivity contribution >= 4 is 11.9 Å². The highest BCUT2D eigenvalue weighted by Gasteiger charge is 2.24. The maximum atomic E-state index is 13.1. The maximum absolute atomic E-state index is 13.1. The van der Waals surface area contributed by atoms with Crippen molar-refractivity contribution in [2.24, 2.45) is 0 Å². The minimum atomic E-state index is -0.783. The van der Waals surface area contributed by atoms with Crippen LogP contribution in [0.1, 0.15) is 245 Å². The van der Waals surface area contributed by atoms with Crippen molar-refractivity contribution in [3.63, 3.8) is 0 Å². The summed E-state index contributed by atoms with van der Waals surface area (Å²) in [4.78, 5) is 25.9. The summed E-state index contributed by atoms with van der Waals surface area (Å²) in [5.41, 5.74) is 0. The van der Waals surface area contributed by atoms with Gasteiger partial charge in [0, 0.05) is 6.42 Å². The van der Waals surface area contributed by atoms with E-state index in [2.05, 4.69) is 50.4 Å². The van der Waals surface area contributed by atoms with E-state index < -0.39 is 18.2 Å². The van der Waals surface area contributed by atoms with Crippen LogP contribution in [0.5, 0.6) is 0 Å². The summed E-state index contributed by atoms with van der Waals surface area (Å²) in [6.45, 7) is 6.43. The average Bonchev–Trinajstić information content (AvgIpc) is 3.16. The first-order valence-electron chi connectivity index (χ1n) is 23.6. The molecule has 0 saturated heterocycles. The molecule has 6 nitrogen and oxygen atoms in total. The molecule has 0 aliphatic carbocycles. The number of aliphatic hydroxyl groups is 2. The molecule has 3 N–H and O–H groups in total. The van der Waals surface area contributed by atoms with E-state index in [0.717, 1.165) is 64.2 Å². The van der Waals surface area contributed by atoms with Crippen LogP contribution in [-0.2, 0) is 14.3 Å². The molecule has 0 aliphatic heterocycles. The zero-order chi connectivity index (χ0) is 39.6. The Kier molecular flexibility index (Phi) is 41.2. The lowest BCUT2D eigenvalue weighted by atomic mass is 10.0. The van der Waals surface area contributed by atoms with Crippen LogP contribution in [0.15, 0.2) is 24.3 Å².